The van der Waals surface area contributed by atoms with Gasteiger partial charge in [-0.2, -0.15) is 5.10 Å². The summed E-state index contributed by atoms with van der Waals surface area (Å²) >= 11 is 12.4. The van der Waals surface area contributed by atoms with E-state index in [0.717, 1.165) is 24.1 Å². The first-order valence-electron chi connectivity index (χ1n) is 9.49. The fourth-order valence-corrected chi connectivity index (χ4v) is 4.12. The Morgan fingerprint density at radius 3 is 2.69 bits per heavy atom. The Kier molecular flexibility index (Phi) is 5.90. The lowest BCUT2D eigenvalue weighted by Gasteiger charge is -2.38. The smallest absolute Gasteiger partial charge is 0.254 e. The zero-order valence-corrected chi connectivity index (χ0v) is 17.3. The molecule has 5 nitrogen and oxygen atoms in total. The molecule has 0 unspecified atom stereocenters. The van der Waals surface area contributed by atoms with Crippen molar-refractivity contribution in [1.29, 1.82) is 0 Å². The molecule has 1 fully saturated rings. The summed E-state index contributed by atoms with van der Waals surface area (Å²) in [4.78, 5) is 12.8. The van der Waals surface area contributed by atoms with Crippen molar-refractivity contribution >= 4 is 29.1 Å². The highest BCUT2D eigenvalue weighted by Crippen LogP contribution is 2.35. The van der Waals surface area contributed by atoms with Crippen molar-refractivity contribution in [1.82, 2.24) is 15.1 Å². The van der Waals surface area contributed by atoms with Gasteiger partial charge < -0.3 is 10.1 Å². The molecule has 4 rings (SSSR count). The van der Waals surface area contributed by atoms with Gasteiger partial charge in [-0.15, -0.1) is 0 Å². The molecule has 7 heteroatoms. The minimum atomic E-state index is -0.197. The number of para-hydroxylation sites is 1. The highest BCUT2D eigenvalue weighted by molar-refractivity contribution is 6.32. The third-order valence-electron chi connectivity index (χ3n) is 5.42. The average molecular weight is 430 g/mol. The second kappa shape index (κ2) is 8.57. The molecular formula is C22H21Cl2N3O2. The summed E-state index contributed by atoms with van der Waals surface area (Å²) in [6, 6.07) is 15.2. The maximum atomic E-state index is 12.8. The highest BCUT2D eigenvalue weighted by Gasteiger charge is 2.35. The van der Waals surface area contributed by atoms with Gasteiger partial charge in [0.2, 0.25) is 0 Å². The lowest BCUT2D eigenvalue weighted by Crippen LogP contribution is -2.44. The van der Waals surface area contributed by atoms with Crippen LogP contribution in [-0.4, -0.2) is 35.4 Å². The van der Waals surface area contributed by atoms with Gasteiger partial charge in [-0.3, -0.25) is 4.79 Å². The number of nitrogens with zero attached hydrogens (tertiary/aromatic N) is 2. The van der Waals surface area contributed by atoms with E-state index in [1.165, 1.54) is 0 Å². The van der Waals surface area contributed by atoms with Gasteiger partial charge in [-0.05, 0) is 42.7 Å². The van der Waals surface area contributed by atoms with Gasteiger partial charge in [0, 0.05) is 36.4 Å². The Morgan fingerprint density at radius 2 is 1.93 bits per heavy atom. The summed E-state index contributed by atoms with van der Waals surface area (Å²) in [5.41, 5.74) is 2.14. The number of ether oxygens (including phenoxy) is 1. The van der Waals surface area contributed by atoms with Crippen molar-refractivity contribution < 1.29 is 9.53 Å². The van der Waals surface area contributed by atoms with E-state index in [1.807, 2.05) is 36.4 Å². The first kappa shape index (κ1) is 20.0. The van der Waals surface area contributed by atoms with Gasteiger partial charge in [0.1, 0.15) is 0 Å². The number of hydrogen-bond donors (Lipinski definition) is 1. The van der Waals surface area contributed by atoms with E-state index in [9.17, 15) is 4.79 Å². The fraction of sp³-hybridized carbons (Fsp3) is 0.273. The lowest BCUT2D eigenvalue weighted by molar-refractivity contribution is 0.0487. The van der Waals surface area contributed by atoms with Crippen LogP contribution in [-0.2, 0) is 10.2 Å². The first-order chi connectivity index (χ1) is 14.1. The molecule has 1 aliphatic rings. The molecule has 0 saturated carbocycles. The molecule has 0 atom stereocenters. The molecule has 1 aliphatic heterocycles. The molecule has 0 spiro atoms. The zero-order chi connectivity index (χ0) is 20.3. The van der Waals surface area contributed by atoms with E-state index in [2.05, 4.69) is 16.5 Å². The third kappa shape index (κ3) is 4.32. The molecule has 0 aliphatic carbocycles. The van der Waals surface area contributed by atoms with E-state index < -0.39 is 0 Å². The highest BCUT2D eigenvalue weighted by atomic mass is 35.5. The first-order valence-corrected chi connectivity index (χ1v) is 10.2. The maximum absolute atomic E-state index is 12.8. The van der Waals surface area contributed by atoms with Crippen LogP contribution < -0.4 is 5.32 Å². The summed E-state index contributed by atoms with van der Waals surface area (Å²) in [7, 11) is 0. The van der Waals surface area contributed by atoms with Gasteiger partial charge in [-0.25, -0.2) is 4.68 Å². The molecule has 150 valence electrons. The SMILES string of the molecule is O=C(NCC1(c2cccc(Cl)c2)CCOCC1)c1cnn(-c2ccccc2Cl)c1. The van der Waals surface area contributed by atoms with Gasteiger partial charge in [0.15, 0.2) is 0 Å². The second-order valence-corrected chi connectivity index (χ2v) is 8.05. The van der Waals surface area contributed by atoms with Gasteiger partial charge in [-0.1, -0.05) is 47.5 Å². The molecule has 29 heavy (non-hydrogen) atoms. The number of benzene rings is 2. The van der Waals surface area contributed by atoms with Crippen molar-refractivity contribution in [2.75, 3.05) is 19.8 Å². The topological polar surface area (TPSA) is 56.1 Å². The number of aromatic nitrogens is 2. The number of carbonyl (C=O) groups excluding carboxylic acids is 1. The minimum Gasteiger partial charge on any atom is -0.381 e. The third-order valence-corrected chi connectivity index (χ3v) is 5.97. The monoisotopic (exact) mass is 429 g/mol. The zero-order valence-electron chi connectivity index (χ0n) is 15.8. The number of carbonyl (C=O) groups is 1. The van der Waals surface area contributed by atoms with Crippen LogP contribution in [0.15, 0.2) is 60.9 Å². The molecule has 2 aromatic carbocycles. The Balaban J connectivity index is 1.51. The number of rotatable bonds is 5. The summed E-state index contributed by atoms with van der Waals surface area (Å²) < 4.78 is 7.17. The van der Waals surface area contributed by atoms with Crippen LogP contribution in [0.5, 0.6) is 0 Å². The Morgan fingerprint density at radius 1 is 1.14 bits per heavy atom. The predicted molar refractivity (Wildman–Crippen MR) is 114 cm³/mol. The van der Waals surface area contributed by atoms with E-state index in [4.69, 9.17) is 27.9 Å². The van der Waals surface area contributed by atoms with Gasteiger partial charge in [0.25, 0.3) is 5.91 Å². The van der Waals surface area contributed by atoms with Crippen LogP contribution in [0.25, 0.3) is 5.69 Å². The fourth-order valence-electron chi connectivity index (χ4n) is 3.71. The number of amides is 1. The molecule has 3 aromatic rings. The quantitative estimate of drug-likeness (QED) is 0.641. The van der Waals surface area contributed by atoms with E-state index >= 15 is 0 Å². The van der Waals surface area contributed by atoms with Gasteiger partial charge in [0.05, 0.1) is 22.5 Å². The van der Waals surface area contributed by atoms with Crippen LogP contribution in [0.2, 0.25) is 10.0 Å². The molecule has 1 saturated heterocycles. The molecular weight excluding hydrogens is 409 g/mol. The summed E-state index contributed by atoms with van der Waals surface area (Å²) in [6.07, 6.45) is 4.89. The lowest BCUT2D eigenvalue weighted by atomic mass is 9.74. The molecule has 0 radical (unpaired) electrons. The molecule has 2 heterocycles. The number of halogens is 2. The van der Waals surface area contributed by atoms with Crippen molar-refractivity contribution in [3.05, 3.63) is 82.1 Å². The van der Waals surface area contributed by atoms with Gasteiger partial charge >= 0.3 is 0 Å². The van der Waals surface area contributed by atoms with E-state index in [-0.39, 0.29) is 11.3 Å². The average Bonchev–Trinajstić information content (AvgIpc) is 3.23. The van der Waals surface area contributed by atoms with Crippen molar-refractivity contribution in [3.63, 3.8) is 0 Å². The Hall–Kier alpha value is -2.34. The normalized spacial score (nSPS) is 15.8. The Labute approximate surface area is 179 Å². The van der Waals surface area contributed by atoms with Crippen LogP contribution >= 0.6 is 23.2 Å². The summed E-state index contributed by atoms with van der Waals surface area (Å²) in [6.45, 7) is 1.83. The summed E-state index contributed by atoms with van der Waals surface area (Å²) in [5, 5.41) is 8.64. The second-order valence-electron chi connectivity index (χ2n) is 7.21. The molecule has 1 N–H and O–H groups in total. The Bertz CT molecular complexity index is 1010. The largest absolute Gasteiger partial charge is 0.381 e. The van der Waals surface area contributed by atoms with Crippen molar-refractivity contribution in [2.45, 2.75) is 18.3 Å². The van der Waals surface area contributed by atoms with Crippen molar-refractivity contribution in [3.8, 4) is 5.69 Å². The van der Waals surface area contributed by atoms with Crippen LogP contribution in [0.1, 0.15) is 28.8 Å². The number of nitrogens with one attached hydrogen (secondary N) is 1. The van der Waals surface area contributed by atoms with Crippen LogP contribution in [0, 0.1) is 0 Å². The standard InChI is InChI=1S/C22H21Cl2N3O2/c23-18-5-3-4-17(12-18)22(8-10-29-11-9-22)15-25-21(28)16-13-26-27(14-16)20-7-2-1-6-19(20)24/h1-7,12-14H,8-11,15H2,(H,25,28). The minimum absolute atomic E-state index is 0.170. The van der Waals surface area contributed by atoms with Crippen molar-refractivity contribution in [2.24, 2.45) is 0 Å². The molecule has 1 aromatic heterocycles. The predicted octanol–water partition coefficient (Wildman–Crippen LogP) is 4.66. The van der Waals surface area contributed by atoms with E-state index in [0.29, 0.717) is 35.4 Å². The molecule has 1 amide bonds. The summed E-state index contributed by atoms with van der Waals surface area (Å²) in [5.74, 6) is -0.170. The van der Waals surface area contributed by atoms with E-state index in [1.54, 1.807) is 23.1 Å². The van der Waals surface area contributed by atoms with Crippen LogP contribution in [0.3, 0.4) is 0 Å². The van der Waals surface area contributed by atoms with Crippen LogP contribution in [0.4, 0.5) is 0 Å². The molecule has 0 bridgehead atoms. The number of hydrogen-bond acceptors (Lipinski definition) is 3. The maximum Gasteiger partial charge on any atom is 0.254 e.